The Bertz CT molecular complexity index is 555. The Labute approximate surface area is 130 Å². The summed E-state index contributed by atoms with van der Waals surface area (Å²) in [5.74, 6) is 0.642. The van der Waals surface area contributed by atoms with E-state index in [1.54, 1.807) is 11.3 Å². The summed E-state index contributed by atoms with van der Waals surface area (Å²) in [6, 6.07) is 2.29. The fourth-order valence-corrected chi connectivity index (χ4v) is 4.15. The first-order valence-electron chi connectivity index (χ1n) is 7.65. The van der Waals surface area contributed by atoms with E-state index in [0.717, 1.165) is 37.4 Å². The van der Waals surface area contributed by atoms with Crippen LogP contribution in [0.4, 0.5) is 5.00 Å². The molecule has 1 aliphatic carbocycles. The van der Waals surface area contributed by atoms with Crippen molar-refractivity contribution in [3.63, 3.8) is 0 Å². The molecule has 1 aromatic rings. The van der Waals surface area contributed by atoms with Gasteiger partial charge in [0.15, 0.2) is 0 Å². The number of carbonyl (C=O) groups is 1. The number of carbonyl (C=O) groups excluding carboxylic acids is 1. The minimum absolute atomic E-state index is 0.0261. The van der Waals surface area contributed by atoms with E-state index in [0.29, 0.717) is 18.0 Å². The van der Waals surface area contributed by atoms with Crippen molar-refractivity contribution in [1.29, 1.82) is 5.26 Å². The van der Waals surface area contributed by atoms with Crippen molar-refractivity contribution >= 4 is 22.2 Å². The SMILES string of the molecule is CCN(CC)CC(=O)Nc1sc2c(c1C#N)CCC(C)C2. The van der Waals surface area contributed by atoms with Gasteiger partial charge in [-0.05, 0) is 43.8 Å². The summed E-state index contributed by atoms with van der Waals surface area (Å²) in [4.78, 5) is 15.5. The van der Waals surface area contributed by atoms with Crippen LogP contribution in [0, 0.1) is 17.2 Å². The number of amides is 1. The Balaban J connectivity index is 2.14. The monoisotopic (exact) mass is 305 g/mol. The predicted octanol–water partition coefficient (Wildman–Crippen LogP) is 3.02. The lowest BCUT2D eigenvalue weighted by Crippen LogP contribution is -2.32. The summed E-state index contributed by atoms with van der Waals surface area (Å²) < 4.78 is 0. The molecule has 1 heterocycles. The number of fused-ring (bicyclic) bond motifs is 1. The van der Waals surface area contributed by atoms with E-state index in [1.807, 2.05) is 13.8 Å². The van der Waals surface area contributed by atoms with Gasteiger partial charge < -0.3 is 5.32 Å². The fourth-order valence-electron chi connectivity index (χ4n) is 2.77. The first-order chi connectivity index (χ1) is 10.1. The number of hydrogen-bond acceptors (Lipinski definition) is 4. The summed E-state index contributed by atoms with van der Waals surface area (Å²) in [5, 5.41) is 13.1. The minimum atomic E-state index is -0.0261. The Kier molecular flexibility index (Phi) is 5.38. The maximum atomic E-state index is 12.1. The van der Waals surface area contributed by atoms with Crippen LogP contribution in [0.5, 0.6) is 0 Å². The molecule has 5 heteroatoms. The smallest absolute Gasteiger partial charge is 0.239 e. The van der Waals surface area contributed by atoms with E-state index < -0.39 is 0 Å². The van der Waals surface area contributed by atoms with Gasteiger partial charge in [0.25, 0.3) is 0 Å². The summed E-state index contributed by atoms with van der Waals surface area (Å²) in [7, 11) is 0. The number of hydrogen-bond donors (Lipinski definition) is 1. The predicted molar refractivity (Wildman–Crippen MR) is 86.6 cm³/mol. The topological polar surface area (TPSA) is 56.1 Å². The number of nitrogens with one attached hydrogen (secondary N) is 1. The number of nitrogens with zero attached hydrogens (tertiary/aromatic N) is 2. The van der Waals surface area contributed by atoms with Crippen LogP contribution >= 0.6 is 11.3 Å². The standard InChI is InChI=1S/C16H23N3OS/c1-4-19(5-2)10-15(20)18-16-13(9-17)12-7-6-11(3)8-14(12)21-16/h11H,4-8,10H2,1-3H3,(H,18,20). The summed E-state index contributed by atoms with van der Waals surface area (Å²) in [6.07, 6.45) is 3.12. The molecular weight excluding hydrogens is 282 g/mol. The Morgan fingerprint density at radius 3 is 2.81 bits per heavy atom. The highest BCUT2D eigenvalue weighted by Crippen LogP contribution is 2.39. The van der Waals surface area contributed by atoms with Crippen LogP contribution in [0.3, 0.4) is 0 Å². The second kappa shape index (κ2) is 7.06. The lowest BCUT2D eigenvalue weighted by molar-refractivity contribution is -0.117. The van der Waals surface area contributed by atoms with E-state index in [9.17, 15) is 10.1 Å². The maximum absolute atomic E-state index is 12.1. The van der Waals surface area contributed by atoms with Gasteiger partial charge in [0.05, 0.1) is 12.1 Å². The average Bonchev–Trinajstić information content (AvgIpc) is 2.80. The molecule has 1 aliphatic rings. The number of rotatable bonds is 5. The molecule has 0 saturated carbocycles. The van der Waals surface area contributed by atoms with Crippen LogP contribution in [0.1, 0.15) is 43.2 Å². The molecule has 1 unspecified atom stereocenters. The first-order valence-corrected chi connectivity index (χ1v) is 8.47. The number of anilines is 1. The lowest BCUT2D eigenvalue weighted by Gasteiger charge is -2.17. The van der Waals surface area contributed by atoms with Crippen LogP contribution in [-0.4, -0.2) is 30.4 Å². The molecule has 21 heavy (non-hydrogen) atoms. The normalized spacial score (nSPS) is 17.4. The molecule has 0 bridgehead atoms. The third-order valence-electron chi connectivity index (χ3n) is 4.14. The second-order valence-electron chi connectivity index (χ2n) is 5.68. The van der Waals surface area contributed by atoms with Crippen LogP contribution in [0.2, 0.25) is 0 Å². The van der Waals surface area contributed by atoms with Crippen LogP contribution in [0.15, 0.2) is 0 Å². The molecule has 2 rings (SSSR count). The molecule has 1 amide bonds. The highest BCUT2D eigenvalue weighted by Gasteiger charge is 2.24. The van der Waals surface area contributed by atoms with Gasteiger partial charge in [0.1, 0.15) is 11.1 Å². The third kappa shape index (κ3) is 3.63. The van der Waals surface area contributed by atoms with Crippen molar-refractivity contribution in [3.8, 4) is 6.07 Å². The zero-order valence-corrected chi connectivity index (χ0v) is 13.8. The molecule has 0 aromatic carbocycles. The van der Waals surface area contributed by atoms with Crippen LogP contribution < -0.4 is 5.32 Å². The van der Waals surface area contributed by atoms with Crippen molar-refractivity contribution in [2.45, 2.75) is 40.0 Å². The molecule has 0 radical (unpaired) electrons. The number of nitriles is 1. The lowest BCUT2D eigenvalue weighted by atomic mass is 9.89. The molecule has 1 aromatic heterocycles. The maximum Gasteiger partial charge on any atom is 0.239 e. The van der Waals surface area contributed by atoms with Crippen molar-refractivity contribution in [2.75, 3.05) is 25.0 Å². The molecule has 0 aliphatic heterocycles. The second-order valence-corrected chi connectivity index (χ2v) is 6.78. The quantitative estimate of drug-likeness (QED) is 0.909. The third-order valence-corrected chi connectivity index (χ3v) is 5.31. The molecule has 0 spiro atoms. The van der Waals surface area contributed by atoms with Crippen LogP contribution in [-0.2, 0) is 17.6 Å². The zero-order valence-electron chi connectivity index (χ0n) is 13.0. The molecule has 0 fully saturated rings. The van der Waals surface area contributed by atoms with E-state index in [4.69, 9.17) is 0 Å². The molecular formula is C16H23N3OS. The molecule has 114 valence electrons. The Morgan fingerprint density at radius 1 is 1.48 bits per heavy atom. The van der Waals surface area contributed by atoms with Crippen molar-refractivity contribution in [1.82, 2.24) is 4.90 Å². The zero-order chi connectivity index (χ0) is 15.4. The first kappa shape index (κ1) is 16.0. The highest BCUT2D eigenvalue weighted by atomic mass is 32.1. The fraction of sp³-hybridized carbons (Fsp3) is 0.625. The van der Waals surface area contributed by atoms with Crippen molar-refractivity contribution < 1.29 is 4.79 Å². The van der Waals surface area contributed by atoms with Gasteiger partial charge in [0, 0.05) is 4.88 Å². The van der Waals surface area contributed by atoms with Gasteiger partial charge in [-0.25, -0.2) is 0 Å². The number of thiophene rings is 1. The van der Waals surface area contributed by atoms with Crippen molar-refractivity contribution in [2.24, 2.45) is 5.92 Å². The molecule has 1 atom stereocenters. The Morgan fingerprint density at radius 2 is 2.19 bits per heavy atom. The Hall–Kier alpha value is -1.38. The van der Waals surface area contributed by atoms with Gasteiger partial charge in [-0.2, -0.15) is 5.26 Å². The van der Waals surface area contributed by atoms with E-state index in [1.165, 1.54) is 10.4 Å². The van der Waals surface area contributed by atoms with Crippen LogP contribution in [0.25, 0.3) is 0 Å². The van der Waals surface area contributed by atoms with Crippen molar-refractivity contribution in [3.05, 3.63) is 16.0 Å². The highest BCUT2D eigenvalue weighted by molar-refractivity contribution is 7.16. The largest absolute Gasteiger partial charge is 0.315 e. The average molecular weight is 305 g/mol. The minimum Gasteiger partial charge on any atom is -0.315 e. The number of likely N-dealkylation sites (N-methyl/N-ethyl adjacent to an activating group) is 1. The van der Waals surface area contributed by atoms with Gasteiger partial charge in [-0.3, -0.25) is 9.69 Å². The summed E-state index contributed by atoms with van der Waals surface area (Å²) in [6.45, 7) is 8.43. The van der Waals surface area contributed by atoms with E-state index in [-0.39, 0.29) is 5.91 Å². The van der Waals surface area contributed by atoms with Gasteiger partial charge in [-0.15, -0.1) is 11.3 Å². The van der Waals surface area contributed by atoms with Gasteiger partial charge in [0.2, 0.25) is 5.91 Å². The van der Waals surface area contributed by atoms with E-state index >= 15 is 0 Å². The summed E-state index contributed by atoms with van der Waals surface area (Å²) in [5.41, 5.74) is 1.86. The molecule has 1 N–H and O–H groups in total. The molecule has 0 saturated heterocycles. The van der Waals surface area contributed by atoms with E-state index in [2.05, 4.69) is 23.2 Å². The molecule has 4 nitrogen and oxygen atoms in total. The summed E-state index contributed by atoms with van der Waals surface area (Å²) >= 11 is 1.59. The van der Waals surface area contributed by atoms with Gasteiger partial charge >= 0.3 is 0 Å². The van der Waals surface area contributed by atoms with Gasteiger partial charge in [-0.1, -0.05) is 20.8 Å².